The summed E-state index contributed by atoms with van der Waals surface area (Å²) < 4.78 is 0. The summed E-state index contributed by atoms with van der Waals surface area (Å²) >= 11 is 0. The number of carbonyl (C=O) groups excluding carboxylic acids is 1. The minimum absolute atomic E-state index is 0.130. The van der Waals surface area contributed by atoms with Crippen LogP contribution >= 0.6 is 0 Å². The average molecular weight is 241 g/mol. The smallest absolute Gasteiger partial charge is 0.308 e. The van der Waals surface area contributed by atoms with Gasteiger partial charge in [-0.15, -0.1) is 0 Å². The van der Waals surface area contributed by atoms with Crippen molar-refractivity contribution in [3.8, 4) is 0 Å². The van der Waals surface area contributed by atoms with E-state index in [-0.39, 0.29) is 11.3 Å². The fourth-order valence-corrected chi connectivity index (χ4v) is 2.52. The highest BCUT2D eigenvalue weighted by molar-refractivity contribution is 5.83. The van der Waals surface area contributed by atoms with Crippen LogP contribution in [-0.2, 0) is 9.59 Å². The molecule has 0 aromatic rings. The van der Waals surface area contributed by atoms with Gasteiger partial charge in [-0.2, -0.15) is 0 Å². The van der Waals surface area contributed by atoms with Crippen LogP contribution in [0.1, 0.15) is 46.5 Å². The van der Waals surface area contributed by atoms with Crippen molar-refractivity contribution < 1.29 is 14.7 Å². The zero-order chi connectivity index (χ0) is 13.1. The molecule has 0 saturated heterocycles. The predicted molar refractivity (Wildman–Crippen MR) is 65.6 cm³/mol. The fourth-order valence-electron chi connectivity index (χ4n) is 2.52. The number of aliphatic carboxylic acids is 1. The van der Waals surface area contributed by atoms with Gasteiger partial charge in [0.15, 0.2) is 0 Å². The molecule has 1 aliphatic carbocycles. The molecule has 1 aliphatic rings. The Kier molecular flexibility index (Phi) is 4.54. The topological polar surface area (TPSA) is 57.6 Å². The van der Waals surface area contributed by atoms with Crippen molar-refractivity contribution in [1.29, 1.82) is 0 Å². The first-order chi connectivity index (χ1) is 7.90. The van der Waals surface area contributed by atoms with E-state index in [9.17, 15) is 9.59 Å². The van der Waals surface area contributed by atoms with Gasteiger partial charge in [-0.05, 0) is 19.8 Å². The lowest BCUT2D eigenvalue weighted by molar-refractivity contribution is -0.146. The minimum atomic E-state index is -0.840. The zero-order valence-corrected chi connectivity index (χ0v) is 11.0. The van der Waals surface area contributed by atoms with Crippen molar-refractivity contribution in [3.63, 3.8) is 0 Å². The lowest BCUT2D eigenvalue weighted by atomic mass is 9.87. The van der Waals surface area contributed by atoms with Crippen molar-refractivity contribution in [1.82, 2.24) is 4.90 Å². The molecule has 1 rings (SSSR count). The Hall–Kier alpha value is -1.06. The Labute approximate surface area is 103 Å². The van der Waals surface area contributed by atoms with Gasteiger partial charge in [-0.25, -0.2) is 0 Å². The monoisotopic (exact) mass is 241 g/mol. The molecule has 4 heteroatoms. The summed E-state index contributed by atoms with van der Waals surface area (Å²) in [5.41, 5.74) is -0.256. The van der Waals surface area contributed by atoms with Crippen molar-refractivity contribution in [2.24, 2.45) is 11.3 Å². The fraction of sp³-hybridized carbons (Fsp3) is 0.846. The lowest BCUT2D eigenvalue weighted by Gasteiger charge is -2.32. The van der Waals surface area contributed by atoms with E-state index in [1.807, 2.05) is 13.8 Å². The maximum absolute atomic E-state index is 12.4. The molecule has 0 radical (unpaired) electrons. The van der Waals surface area contributed by atoms with Gasteiger partial charge in [-0.3, -0.25) is 9.59 Å². The molecule has 0 spiro atoms. The van der Waals surface area contributed by atoms with E-state index in [1.54, 1.807) is 11.8 Å². The second-order valence-corrected chi connectivity index (χ2v) is 5.35. The van der Waals surface area contributed by atoms with Gasteiger partial charge in [0.05, 0.1) is 5.92 Å². The molecule has 17 heavy (non-hydrogen) atoms. The number of hydrogen-bond donors (Lipinski definition) is 1. The highest BCUT2D eigenvalue weighted by Gasteiger charge is 2.39. The summed E-state index contributed by atoms with van der Waals surface area (Å²) in [5, 5.41) is 8.90. The van der Waals surface area contributed by atoms with Crippen LogP contribution in [0, 0.1) is 11.3 Å². The molecule has 0 aliphatic heterocycles. The van der Waals surface area contributed by atoms with E-state index in [0.717, 1.165) is 25.7 Å². The Morgan fingerprint density at radius 2 is 1.88 bits per heavy atom. The van der Waals surface area contributed by atoms with Gasteiger partial charge in [0, 0.05) is 18.5 Å². The van der Waals surface area contributed by atoms with Gasteiger partial charge < -0.3 is 10.0 Å². The van der Waals surface area contributed by atoms with Crippen LogP contribution in [0.15, 0.2) is 0 Å². The minimum Gasteiger partial charge on any atom is -0.481 e. The van der Waals surface area contributed by atoms with Crippen LogP contribution in [-0.4, -0.2) is 35.0 Å². The van der Waals surface area contributed by atoms with E-state index in [2.05, 4.69) is 0 Å². The molecule has 4 nitrogen and oxygen atoms in total. The molecule has 98 valence electrons. The Morgan fingerprint density at radius 3 is 2.29 bits per heavy atom. The number of rotatable bonds is 5. The highest BCUT2D eigenvalue weighted by Crippen LogP contribution is 2.39. The van der Waals surface area contributed by atoms with E-state index in [0.29, 0.717) is 13.1 Å². The molecular weight excluding hydrogens is 218 g/mol. The molecule has 1 fully saturated rings. The van der Waals surface area contributed by atoms with Gasteiger partial charge >= 0.3 is 5.97 Å². The maximum atomic E-state index is 12.4. The molecule has 0 bridgehead atoms. The summed E-state index contributed by atoms with van der Waals surface area (Å²) in [4.78, 5) is 24.9. The van der Waals surface area contributed by atoms with Crippen molar-refractivity contribution in [2.75, 3.05) is 13.1 Å². The first-order valence-electron chi connectivity index (χ1n) is 6.43. The van der Waals surface area contributed by atoms with Gasteiger partial charge in [-0.1, -0.05) is 26.7 Å². The molecular formula is C13H23NO3. The largest absolute Gasteiger partial charge is 0.481 e. The van der Waals surface area contributed by atoms with Crippen molar-refractivity contribution in [3.05, 3.63) is 0 Å². The van der Waals surface area contributed by atoms with Crippen LogP contribution in [0.5, 0.6) is 0 Å². The zero-order valence-electron chi connectivity index (χ0n) is 11.0. The number of carbonyl (C=O) groups is 2. The summed E-state index contributed by atoms with van der Waals surface area (Å²) in [7, 11) is 0. The van der Waals surface area contributed by atoms with Crippen LogP contribution in [0.3, 0.4) is 0 Å². The van der Waals surface area contributed by atoms with Gasteiger partial charge in [0.25, 0.3) is 0 Å². The second kappa shape index (κ2) is 5.52. The summed E-state index contributed by atoms with van der Waals surface area (Å²) in [6.07, 6.45) is 4.08. The number of hydrogen-bond acceptors (Lipinski definition) is 2. The summed E-state index contributed by atoms with van der Waals surface area (Å²) in [5.74, 6) is -1.21. The normalized spacial score (nSPS) is 19.9. The Bertz CT molecular complexity index is 295. The third-order valence-electron chi connectivity index (χ3n) is 3.81. The Balaban J connectivity index is 2.67. The molecule has 0 heterocycles. The number of nitrogens with zero attached hydrogens (tertiary/aromatic N) is 1. The first kappa shape index (κ1) is 14.0. The van der Waals surface area contributed by atoms with Crippen LogP contribution in [0.25, 0.3) is 0 Å². The maximum Gasteiger partial charge on any atom is 0.308 e. The summed E-state index contributed by atoms with van der Waals surface area (Å²) in [6.45, 7) is 6.47. The van der Waals surface area contributed by atoms with E-state index < -0.39 is 11.9 Å². The van der Waals surface area contributed by atoms with Crippen LogP contribution in [0.2, 0.25) is 0 Å². The van der Waals surface area contributed by atoms with Crippen molar-refractivity contribution >= 4 is 11.9 Å². The first-order valence-corrected chi connectivity index (χ1v) is 6.43. The number of amides is 1. The number of carboxylic acid groups (broad SMARTS) is 1. The third kappa shape index (κ3) is 3.20. The molecule has 1 saturated carbocycles. The highest BCUT2D eigenvalue weighted by atomic mass is 16.4. The van der Waals surface area contributed by atoms with E-state index in [4.69, 9.17) is 5.11 Å². The molecule has 1 N–H and O–H groups in total. The molecule has 1 atom stereocenters. The molecule has 1 unspecified atom stereocenters. The third-order valence-corrected chi connectivity index (χ3v) is 3.81. The van der Waals surface area contributed by atoms with Gasteiger partial charge in [0.2, 0.25) is 5.91 Å². The van der Waals surface area contributed by atoms with Gasteiger partial charge in [0.1, 0.15) is 0 Å². The van der Waals surface area contributed by atoms with E-state index in [1.165, 1.54) is 0 Å². The number of carboxylic acids is 1. The average Bonchev–Trinajstić information content (AvgIpc) is 2.72. The lowest BCUT2D eigenvalue weighted by Crippen LogP contribution is -2.44. The molecule has 0 aromatic carbocycles. The molecule has 1 amide bonds. The second-order valence-electron chi connectivity index (χ2n) is 5.35. The van der Waals surface area contributed by atoms with E-state index >= 15 is 0 Å². The summed E-state index contributed by atoms with van der Waals surface area (Å²) in [6, 6.07) is 0. The Morgan fingerprint density at radius 1 is 1.35 bits per heavy atom. The van der Waals surface area contributed by atoms with Crippen molar-refractivity contribution in [2.45, 2.75) is 46.5 Å². The molecule has 0 aromatic heterocycles. The quantitative estimate of drug-likeness (QED) is 0.802. The SMILES string of the molecule is CCN(CC(C)C(=O)O)C(=O)C1(C)CCCC1. The standard InChI is InChI=1S/C13H23NO3/c1-4-14(9-10(2)11(15)16)12(17)13(3)7-5-6-8-13/h10H,4-9H2,1-3H3,(H,15,16). The van der Waals surface area contributed by atoms with Crippen LogP contribution < -0.4 is 0 Å². The predicted octanol–water partition coefficient (Wildman–Crippen LogP) is 2.14. The van der Waals surface area contributed by atoms with Crippen LogP contribution in [0.4, 0.5) is 0 Å².